The number of hydrogen-bond donors (Lipinski definition) is 1. The summed E-state index contributed by atoms with van der Waals surface area (Å²) in [4.78, 5) is 28.6. The lowest BCUT2D eigenvalue weighted by Crippen LogP contribution is -2.37. The van der Waals surface area contributed by atoms with E-state index in [1.165, 1.54) is 24.3 Å². The molecule has 9 heteroatoms. The molecule has 188 valence electrons. The number of benzene rings is 3. The fraction of sp³-hybridized carbons (Fsp3) is 0.143. The van der Waals surface area contributed by atoms with Gasteiger partial charge in [-0.25, -0.2) is 3.97 Å². The monoisotopic (exact) mass is 514 g/mol. The Labute approximate surface area is 215 Å². The molecule has 37 heavy (non-hydrogen) atoms. The Kier molecular flexibility index (Phi) is 6.41. The second kappa shape index (κ2) is 9.68. The van der Waals surface area contributed by atoms with Gasteiger partial charge in [0.15, 0.2) is 0 Å². The van der Waals surface area contributed by atoms with Crippen LogP contribution >= 0.6 is 0 Å². The highest BCUT2D eigenvalue weighted by atomic mass is 32.2. The molecular formula is C28H26N4O4S. The number of aromatic nitrogens is 1. The van der Waals surface area contributed by atoms with Gasteiger partial charge in [-0.05, 0) is 42.3 Å². The van der Waals surface area contributed by atoms with E-state index in [1.807, 2.05) is 24.3 Å². The van der Waals surface area contributed by atoms with E-state index in [2.05, 4.69) is 5.32 Å². The number of carbonyl (C=O) groups excluding carboxylic acids is 2. The third kappa shape index (κ3) is 4.54. The molecule has 2 heterocycles. The fourth-order valence-corrected chi connectivity index (χ4v) is 5.45. The number of rotatable bonds is 6. The van der Waals surface area contributed by atoms with Crippen LogP contribution in [0.5, 0.6) is 0 Å². The van der Waals surface area contributed by atoms with Gasteiger partial charge >= 0.3 is 10.2 Å². The van der Waals surface area contributed by atoms with Crippen molar-refractivity contribution in [3.05, 3.63) is 107 Å². The highest BCUT2D eigenvalue weighted by molar-refractivity contribution is 7.87. The van der Waals surface area contributed by atoms with E-state index < -0.39 is 16.1 Å². The van der Waals surface area contributed by atoms with Gasteiger partial charge in [0.25, 0.3) is 11.8 Å². The van der Waals surface area contributed by atoms with Gasteiger partial charge in [-0.1, -0.05) is 54.6 Å². The van der Waals surface area contributed by atoms with Crippen molar-refractivity contribution in [2.75, 3.05) is 25.5 Å². The highest BCUT2D eigenvalue weighted by Gasteiger charge is 2.28. The van der Waals surface area contributed by atoms with Gasteiger partial charge < -0.3 is 10.2 Å². The summed E-state index contributed by atoms with van der Waals surface area (Å²) in [6.07, 6.45) is 3.73. The minimum absolute atomic E-state index is 0.0516. The minimum atomic E-state index is -3.82. The van der Waals surface area contributed by atoms with Crippen molar-refractivity contribution in [1.82, 2.24) is 13.6 Å². The third-order valence-electron chi connectivity index (χ3n) is 6.37. The van der Waals surface area contributed by atoms with Crippen molar-refractivity contribution < 1.29 is 18.0 Å². The minimum Gasteiger partial charge on any atom is -0.317 e. The Bertz CT molecular complexity index is 1640. The first kappa shape index (κ1) is 24.5. The van der Waals surface area contributed by atoms with E-state index in [1.54, 1.807) is 65.6 Å². The van der Waals surface area contributed by atoms with Crippen LogP contribution < -0.4 is 10.2 Å². The zero-order chi connectivity index (χ0) is 26.2. The van der Waals surface area contributed by atoms with E-state index in [4.69, 9.17) is 0 Å². The smallest absolute Gasteiger partial charge is 0.307 e. The first-order chi connectivity index (χ1) is 17.8. The van der Waals surface area contributed by atoms with Crippen LogP contribution in [-0.4, -0.2) is 49.1 Å². The Morgan fingerprint density at radius 1 is 0.919 bits per heavy atom. The van der Waals surface area contributed by atoms with Gasteiger partial charge in [-0.15, -0.1) is 0 Å². The second-order valence-electron chi connectivity index (χ2n) is 8.90. The normalized spacial score (nSPS) is 13.7. The van der Waals surface area contributed by atoms with E-state index in [-0.39, 0.29) is 11.6 Å². The SMILES string of the molecule is CN(C)S(=O)(=O)n1cc(C=C(NC(=O)c2ccccc2)C(=O)N2CCc3ccccc32)c2ccccc21. The van der Waals surface area contributed by atoms with Crippen molar-refractivity contribution in [3.8, 4) is 0 Å². The first-order valence-corrected chi connectivity index (χ1v) is 13.2. The maximum Gasteiger partial charge on any atom is 0.307 e. The number of amides is 2. The molecule has 0 atom stereocenters. The maximum absolute atomic E-state index is 13.8. The van der Waals surface area contributed by atoms with Crippen LogP contribution in [0, 0.1) is 0 Å². The van der Waals surface area contributed by atoms with E-state index in [0.29, 0.717) is 35.0 Å². The molecule has 1 aliphatic rings. The lowest BCUT2D eigenvalue weighted by molar-refractivity contribution is -0.115. The van der Waals surface area contributed by atoms with E-state index >= 15 is 0 Å². The molecule has 0 radical (unpaired) electrons. The molecule has 3 aromatic carbocycles. The maximum atomic E-state index is 13.8. The Morgan fingerprint density at radius 2 is 1.59 bits per heavy atom. The molecule has 0 aliphatic carbocycles. The summed E-state index contributed by atoms with van der Waals surface area (Å²) in [5.74, 6) is -0.807. The van der Waals surface area contributed by atoms with Crippen LogP contribution in [0.3, 0.4) is 0 Å². The molecule has 0 saturated heterocycles. The molecular weight excluding hydrogens is 488 g/mol. The van der Waals surface area contributed by atoms with Crippen LogP contribution in [0.2, 0.25) is 0 Å². The van der Waals surface area contributed by atoms with Crippen molar-refractivity contribution in [2.45, 2.75) is 6.42 Å². The molecule has 0 saturated carbocycles. The number of anilines is 1. The topological polar surface area (TPSA) is 91.7 Å². The number of hydrogen-bond acceptors (Lipinski definition) is 4. The molecule has 1 N–H and O–H groups in total. The molecule has 5 rings (SSSR count). The summed E-state index contributed by atoms with van der Waals surface area (Å²) in [5, 5.41) is 3.42. The molecule has 1 aliphatic heterocycles. The average Bonchev–Trinajstić information content (AvgIpc) is 3.50. The predicted octanol–water partition coefficient (Wildman–Crippen LogP) is 3.66. The summed E-state index contributed by atoms with van der Waals surface area (Å²) in [6.45, 7) is 0.480. The number of fused-ring (bicyclic) bond motifs is 2. The number of carbonyl (C=O) groups is 2. The molecule has 8 nitrogen and oxygen atoms in total. The van der Waals surface area contributed by atoms with Gasteiger partial charge in [-0.3, -0.25) is 9.59 Å². The predicted molar refractivity (Wildman–Crippen MR) is 144 cm³/mol. The largest absolute Gasteiger partial charge is 0.317 e. The summed E-state index contributed by atoms with van der Waals surface area (Å²) >= 11 is 0. The molecule has 0 unspecified atom stereocenters. The zero-order valence-corrected chi connectivity index (χ0v) is 21.3. The molecule has 0 fully saturated rings. The van der Waals surface area contributed by atoms with Crippen molar-refractivity contribution in [1.29, 1.82) is 0 Å². The molecule has 0 spiro atoms. The number of nitrogens with zero attached hydrogens (tertiary/aromatic N) is 3. The number of para-hydroxylation sites is 2. The zero-order valence-electron chi connectivity index (χ0n) is 20.5. The number of nitrogens with one attached hydrogen (secondary N) is 1. The lowest BCUT2D eigenvalue weighted by atomic mass is 10.1. The molecule has 0 bridgehead atoms. The van der Waals surface area contributed by atoms with Crippen molar-refractivity contribution in [3.63, 3.8) is 0 Å². The van der Waals surface area contributed by atoms with Crippen LogP contribution in [0.15, 0.2) is 90.8 Å². The third-order valence-corrected chi connectivity index (χ3v) is 8.09. The van der Waals surface area contributed by atoms with Crippen LogP contribution in [0.1, 0.15) is 21.5 Å². The van der Waals surface area contributed by atoms with Gasteiger partial charge in [-0.2, -0.15) is 12.7 Å². The van der Waals surface area contributed by atoms with E-state index in [9.17, 15) is 18.0 Å². The fourth-order valence-electron chi connectivity index (χ4n) is 4.44. The Morgan fingerprint density at radius 3 is 2.35 bits per heavy atom. The molecule has 4 aromatic rings. The summed E-state index contributed by atoms with van der Waals surface area (Å²) in [6, 6.07) is 23.3. The Hall–Kier alpha value is -4.21. The van der Waals surface area contributed by atoms with Gasteiger partial charge in [0.05, 0.1) is 5.52 Å². The van der Waals surface area contributed by atoms with Crippen molar-refractivity contribution in [2.24, 2.45) is 0 Å². The quantitative estimate of drug-likeness (QED) is 0.398. The standard InChI is InChI=1S/C28H26N4O4S/c1-30(2)37(35,36)32-19-22(23-13-7-9-15-26(23)32)18-24(29-27(33)21-11-4-3-5-12-21)28(34)31-17-16-20-10-6-8-14-25(20)31/h3-15,18-19H,16-17H2,1-2H3,(H,29,33). The van der Waals surface area contributed by atoms with Gasteiger partial charge in [0, 0.05) is 49.0 Å². The first-order valence-electron chi connectivity index (χ1n) is 11.8. The van der Waals surface area contributed by atoms with Crippen LogP contribution in [0.25, 0.3) is 17.0 Å². The summed E-state index contributed by atoms with van der Waals surface area (Å²) in [7, 11) is -0.907. The second-order valence-corrected chi connectivity index (χ2v) is 10.9. The summed E-state index contributed by atoms with van der Waals surface area (Å²) < 4.78 is 28.3. The average molecular weight is 515 g/mol. The van der Waals surface area contributed by atoms with Crippen molar-refractivity contribution >= 4 is 44.7 Å². The van der Waals surface area contributed by atoms with Crippen LogP contribution in [-0.2, 0) is 21.4 Å². The lowest BCUT2D eigenvalue weighted by Gasteiger charge is -2.20. The molecule has 1 aromatic heterocycles. The van der Waals surface area contributed by atoms with Gasteiger partial charge in [0.1, 0.15) is 5.70 Å². The highest BCUT2D eigenvalue weighted by Crippen LogP contribution is 2.30. The Balaban J connectivity index is 1.63. The van der Waals surface area contributed by atoms with E-state index in [0.717, 1.165) is 15.6 Å². The van der Waals surface area contributed by atoms with Gasteiger partial charge in [0.2, 0.25) is 0 Å². The molecule has 2 amide bonds. The van der Waals surface area contributed by atoms with Crippen LogP contribution in [0.4, 0.5) is 5.69 Å². The summed E-state index contributed by atoms with van der Waals surface area (Å²) in [5.41, 5.74) is 3.26.